The first-order chi connectivity index (χ1) is 6.68. The molecule has 5 heteroatoms. The van der Waals surface area contributed by atoms with Gasteiger partial charge in [0, 0.05) is 0 Å². The molecular formula is C9H10BNO3. The molecule has 0 bridgehead atoms. The third-order valence-corrected chi connectivity index (χ3v) is 2.37. The molecule has 0 spiro atoms. The number of amides is 1. The fourth-order valence-electron chi connectivity index (χ4n) is 1.58. The Balaban J connectivity index is 2.31. The maximum absolute atomic E-state index is 11.0. The SMILES string of the molecule is NC(=O)[C@H]1Cc2ccccc2OB1O. The van der Waals surface area contributed by atoms with Gasteiger partial charge in [0.25, 0.3) is 0 Å². The second-order valence-corrected chi connectivity index (χ2v) is 3.33. The number of nitrogens with two attached hydrogens (primary N) is 1. The van der Waals surface area contributed by atoms with Crippen LogP contribution in [-0.2, 0) is 11.2 Å². The molecule has 2 rings (SSSR count). The average Bonchev–Trinajstić information content (AvgIpc) is 2.16. The van der Waals surface area contributed by atoms with Crippen LogP contribution in [0.15, 0.2) is 24.3 Å². The summed E-state index contributed by atoms with van der Waals surface area (Å²) >= 11 is 0. The second kappa shape index (κ2) is 3.34. The van der Waals surface area contributed by atoms with E-state index in [4.69, 9.17) is 10.4 Å². The summed E-state index contributed by atoms with van der Waals surface area (Å²) in [5.74, 6) is -0.561. The van der Waals surface area contributed by atoms with Crippen LogP contribution in [0.3, 0.4) is 0 Å². The van der Waals surface area contributed by atoms with Crippen molar-refractivity contribution in [2.24, 2.45) is 5.73 Å². The fraction of sp³-hybridized carbons (Fsp3) is 0.222. The lowest BCUT2D eigenvalue weighted by Crippen LogP contribution is -2.40. The average molecular weight is 191 g/mol. The maximum Gasteiger partial charge on any atom is 0.536 e. The normalized spacial score (nSPS) is 19.8. The first kappa shape index (κ1) is 9.08. The highest BCUT2D eigenvalue weighted by molar-refractivity contribution is 6.51. The van der Waals surface area contributed by atoms with Gasteiger partial charge in [0.1, 0.15) is 5.75 Å². The van der Waals surface area contributed by atoms with Crippen LogP contribution in [-0.4, -0.2) is 18.0 Å². The topological polar surface area (TPSA) is 72.6 Å². The largest absolute Gasteiger partial charge is 0.536 e. The maximum atomic E-state index is 11.0. The molecule has 3 N–H and O–H groups in total. The minimum absolute atomic E-state index is 0.437. The highest BCUT2D eigenvalue weighted by Gasteiger charge is 2.38. The summed E-state index contributed by atoms with van der Waals surface area (Å²) < 4.78 is 5.16. The Hall–Kier alpha value is -1.49. The van der Waals surface area contributed by atoms with Crippen LogP contribution in [0.25, 0.3) is 0 Å². The molecule has 0 unspecified atom stereocenters. The minimum atomic E-state index is -1.12. The Morgan fingerprint density at radius 2 is 2.29 bits per heavy atom. The molecule has 1 aromatic rings. The van der Waals surface area contributed by atoms with Crippen molar-refractivity contribution in [1.82, 2.24) is 0 Å². The van der Waals surface area contributed by atoms with E-state index >= 15 is 0 Å². The number of carbonyl (C=O) groups is 1. The van der Waals surface area contributed by atoms with E-state index in [9.17, 15) is 9.82 Å². The standard InChI is InChI=1S/C9H10BNO3/c11-9(12)7-5-6-3-1-2-4-8(6)14-10(7)13/h1-4,7,13H,5H2,(H2,11,12)/t7-/m1/s1. The number of rotatable bonds is 1. The molecule has 1 amide bonds. The van der Waals surface area contributed by atoms with Gasteiger partial charge < -0.3 is 15.4 Å². The molecule has 0 aromatic heterocycles. The molecule has 0 radical (unpaired) electrons. The van der Waals surface area contributed by atoms with E-state index in [-0.39, 0.29) is 0 Å². The van der Waals surface area contributed by atoms with Crippen LogP contribution in [0, 0.1) is 0 Å². The van der Waals surface area contributed by atoms with Gasteiger partial charge in [0.15, 0.2) is 0 Å². The van der Waals surface area contributed by atoms with Crippen molar-refractivity contribution in [2.75, 3.05) is 0 Å². The molecule has 1 aromatic carbocycles. The molecule has 1 heterocycles. The number of primary amides is 1. The summed E-state index contributed by atoms with van der Waals surface area (Å²) in [5.41, 5.74) is 6.04. The Kier molecular flexibility index (Phi) is 2.17. The van der Waals surface area contributed by atoms with Gasteiger partial charge in [-0.3, -0.25) is 4.79 Å². The molecule has 0 saturated carbocycles. The molecule has 14 heavy (non-hydrogen) atoms. The predicted molar refractivity (Wildman–Crippen MR) is 51.7 cm³/mol. The Bertz CT molecular complexity index is 369. The molecule has 1 aliphatic heterocycles. The van der Waals surface area contributed by atoms with Gasteiger partial charge >= 0.3 is 7.12 Å². The van der Waals surface area contributed by atoms with Gasteiger partial charge in [-0.1, -0.05) is 18.2 Å². The summed E-state index contributed by atoms with van der Waals surface area (Å²) in [5, 5.41) is 9.46. The lowest BCUT2D eigenvalue weighted by molar-refractivity contribution is -0.118. The third kappa shape index (κ3) is 1.46. The summed E-state index contributed by atoms with van der Waals surface area (Å²) in [7, 11) is -1.12. The smallest absolute Gasteiger partial charge is 0.535 e. The van der Waals surface area contributed by atoms with Crippen molar-refractivity contribution in [3.05, 3.63) is 29.8 Å². The van der Waals surface area contributed by atoms with Crippen LogP contribution in [0.1, 0.15) is 5.56 Å². The van der Waals surface area contributed by atoms with E-state index in [1.807, 2.05) is 18.2 Å². The highest BCUT2D eigenvalue weighted by Crippen LogP contribution is 2.30. The monoisotopic (exact) mass is 191 g/mol. The van der Waals surface area contributed by atoms with Crippen LogP contribution in [0.5, 0.6) is 5.75 Å². The van der Waals surface area contributed by atoms with Gasteiger partial charge in [-0.15, -0.1) is 0 Å². The number of benzene rings is 1. The van der Waals surface area contributed by atoms with Crippen LogP contribution >= 0.6 is 0 Å². The number of fused-ring (bicyclic) bond motifs is 1. The number of carbonyl (C=O) groups excluding carboxylic acids is 1. The lowest BCUT2D eigenvalue weighted by Gasteiger charge is -2.24. The van der Waals surface area contributed by atoms with Crippen molar-refractivity contribution < 1.29 is 14.5 Å². The zero-order valence-corrected chi connectivity index (χ0v) is 7.51. The minimum Gasteiger partial charge on any atom is -0.535 e. The predicted octanol–water partition coefficient (Wildman–Crippen LogP) is -0.0425. The van der Waals surface area contributed by atoms with Crippen molar-refractivity contribution in [2.45, 2.75) is 12.2 Å². The fourth-order valence-corrected chi connectivity index (χ4v) is 1.58. The Morgan fingerprint density at radius 1 is 1.57 bits per heavy atom. The van der Waals surface area contributed by atoms with Gasteiger partial charge in [-0.25, -0.2) is 0 Å². The van der Waals surface area contributed by atoms with Crippen molar-refractivity contribution in [3.63, 3.8) is 0 Å². The molecular weight excluding hydrogens is 181 g/mol. The highest BCUT2D eigenvalue weighted by atomic mass is 16.5. The first-order valence-electron chi connectivity index (χ1n) is 4.40. The van der Waals surface area contributed by atoms with E-state index in [0.717, 1.165) is 5.56 Å². The van der Waals surface area contributed by atoms with E-state index < -0.39 is 18.8 Å². The van der Waals surface area contributed by atoms with E-state index in [2.05, 4.69) is 0 Å². The molecule has 1 aliphatic rings. The van der Waals surface area contributed by atoms with Crippen LogP contribution in [0.2, 0.25) is 5.82 Å². The molecule has 1 atom stereocenters. The Morgan fingerprint density at radius 3 is 3.00 bits per heavy atom. The molecule has 0 saturated heterocycles. The van der Waals surface area contributed by atoms with E-state index in [1.165, 1.54) is 0 Å². The van der Waals surface area contributed by atoms with Gasteiger partial charge in [0.05, 0.1) is 5.82 Å². The number of hydrogen-bond donors (Lipinski definition) is 2. The van der Waals surface area contributed by atoms with E-state index in [0.29, 0.717) is 12.2 Å². The van der Waals surface area contributed by atoms with Crippen molar-refractivity contribution in [3.8, 4) is 5.75 Å². The summed E-state index contributed by atoms with van der Waals surface area (Å²) in [6, 6.07) is 7.29. The van der Waals surface area contributed by atoms with Crippen molar-refractivity contribution in [1.29, 1.82) is 0 Å². The molecule has 72 valence electrons. The molecule has 0 aliphatic carbocycles. The summed E-state index contributed by atoms with van der Waals surface area (Å²) in [4.78, 5) is 11.0. The summed E-state index contributed by atoms with van der Waals surface area (Å²) in [6.45, 7) is 0. The third-order valence-electron chi connectivity index (χ3n) is 2.37. The van der Waals surface area contributed by atoms with Crippen LogP contribution in [0.4, 0.5) is 0 Å². The van der Waals surface area contributed by atoms with Gasteiger partial charge in [-0.05, 0) is 18.1 Å². The van der Waals surface area contributed by atoms with E-state index in [1.54, 1.807) is 6.07 Å². The molecule has 4 nitrogen and oxygen atoms in total. The first-order valence-corrected chi connectivity index (χ1v) is 4.40. The zero-order valence-electron chi connectivity index (χ0n) is 7.51. The van der Waals surface area contributed by atoms with Crippen LogP contribution < -0.4 is 10.4 Å². The molecule has 0 fully saturated rings. The quantitative estimate of drug-likeness (QED) is 0.611. The second-order valence-electron chi connectivity index (χ2n) is 3.33. The van der Waals surface area contributed by atoms with Crippen molar-refractivity contribution >= 4 is 13.0 Å². The Labute approximate surface area is 81.8 Å². The number of para-hydroxylation sites is 1. The zero-order chi connectivity index (χ0) is 10.1. The summed E-state index contributed by atoms with van der Waals surface area (Å²) in [6.07, 6.45) is 0.437. The lowest BCUT2D eigenvalue weighted by atomic mass is 9.66. The van der Waals surface area contributed by atoms with Gasteiger partial charge in [0.2, 0.25) is 5.91 Å². The van der Waals surface area contributed by atoms with Gasteiger partial charge in [-0.2, -0.15) is 0 Å². The number of hydrogen-bond acceptors (Lipinski definition) is 3.